The van der Waals surface area contributed by atoms with E-state index in [2.05, 4.69) is 10.2 Å². The summed E-state index contributed by atoms with van der Waals surface area (Å²) in [5.41, 5.74) is 0. The number of carboxylic acid groups (broad SMARTS) is 1. The molecule has 4 nitrogen and oxygen atoms in total. The lowest BCUT2D eigenvalue weighted by Crippen LogP contribution is -2.51. The summed E-state index contributed by atoms with van der Waals surface area (Å²) < 4.78 is 36.6. The lowest BCUT2D eigenvalue weighted by Gasteiger charge is -2.37. The Labute approximate surface area is 111 Å². The Hall–Kier alpha value is -0.820. The van der Waals surface area contributed by atoms with Gasteiger partial charge in [-0.1, -0.05) is 6.92 Å². The lowest BCUT2D eigenvalue weighted by molar-refractivity contribution is -0.137. The first-order valence-electron chi connectivity index (χ1n) is 6.54. The third-order valence-corrected chi connectivity index (χ3v) is 3.42. The van der Waals surface area contributed by atoms with Gasteiger partial charge < -0.3 is 15.3 Å². The summed E-state index contributed by atoms with van der Waals surface area (Å²) in [6.07, 6.45) is -2.99. The van der Waals surface area contributed by atoms with Crippen LogP contribution in [-0.2, 0) is 4.79 Å². The molecule has 0 saturated carbocycles. The van der Waals surface area contributed by atoms with Gasteiger partial charge in [-0.2, -0.15) is 13.2 Å². The summed E-state index contributed by atoms with van der Waals surface area (Å²) in [5.74, 6) is -0.705. The third-order valence-electron chi connectivity index (χ3n) is 3.42. The number of aliphatic carboxylic acids is 1. The van der Waals surface area contributed by atoms with Crippen LogP contribution >= 0.6 is 0 Å². The average molecular weight is 282 g/mol. The number of alkyl halides is 3. The number of rotatable bonds is 6. The minimum atomic E-state index is -4.20. The van der Waals surface area contributed by atoms with Crippen molar-refractivity contribution in [3.05, 3.63) is 0 Å². The molecule has 2 unspecified atom stereocenters. The summed E-state index contributed by atoms with van der Waals surface area (Å²) >= 11 is 0. The zero-order chi connectivity index (χ0) is 14.5. The van der Waals surface area contributed by atoms with Crippen molar-refractivity contribution in [2.45, 2.75) is 38.4 Å². The number of likely N-dealkylation sites (tertiary alicyclic amines) is 1. The molecule has 19 heavy (non-hydrogen) atoms. The number of carbonyl (C=O) groups is 1. The van der Waals surface area contributed by atoms with Crippen molar-refractivity contribution in [1.82, 2.24) is 10.2 Å². The van der Waals surface area contributed by atoms with E-state index in [1.807, 2.05) is 6.92 Å². The maximum absolute atomic E-state index is 12.2. The van der Waals surface area contributed by atoms with Crippen LogP contribution < -0.4 is 5.32 Å². The molecule has 2 atom stereocenters. The molecule has 0 aromatic heterocycles. The molecule has 0 amide bonds. The second kappa shape index (κ2) is 7.09. The Bertz CT molecular complexity index is 297. The van der Waals surface area contributed by atoms with Gasteiger partial charge in [-0.25, -0.2) is 0 Å². The quantitative estimate of drug-likeness (QED) is 0.779. The van der Waals surface area contributed by atoms with Crippen molar-refractivity contribution in [3.8, 4) is 0 Å². The molecular weight excluding hydrogens is 261 g/mol. The fourth-order valence-electron chi connectivity index (χ4n) is 2.51. The highest BCUT2D eigenvalue weighted by atomic mass is 19.4. The first-order chi connectivity index (χ1) is 8.80. The maximum Gasteiger partial charge on any atom is 0.401 e. The van der Waals surface area contributed by atoms with Crippen molar-refractivity contribution < 1.29 is 23.1 Å². The Kier molecular flexibility index (Phi) is 6.06. The highest BCUT2D eigenvalue weighted by molar-refractivity contribution is 5.66. The van der Waals surface area contributed by atoms with Crippen LogP contribution in [0, 0.1) is 5.92 Å². The van der Waals surface area contributed by atoms with Gasteiger partial charge in [0.05, 0.1) is 6.54 Å². The van der Waals surface area contributed by atoms with Crippen LogP contribution in [-0.4, -0.2) is 54.4 Å². The van der Waals surface area contributed by atoms with Gasteiger partial charge in [-0.15, -0.1) is 0 Å². The number of piperidine rings is 1. The van der Waals surface area contributed by atoms with Gasteiger partial charge in [0.1, 0.15) is 0 Å². The normalized spacial score (nSPS) is 25.5. The van der Waals surface area contributed by atoms with Gasteiger partial charge in [0.2, 0.25) is 0 Å². The predicted octanol–water partition coefficient (Wildman–Crippen LogP) is 1.71. The van der Waals surface area contributed by atoms with Crippen molar-refractivity contribution in [3.63, 3.8) is 0 Å². The molecule has 2 N–H and O–H groups in total. The van der Waals surface area contributed by atoms with Crippen molar-refractivity contribution in [2.24, 2.45) is 5.92 Å². The Morgan fingerprint density at radius 3 is 2.63 bits per heavy atom. The summed E-state index contributed by atoms with van der Waals surface area (Å²) in [6.45, 7) is 3.11. The van der Waals surface area contributed by atoms with Crippen LogP contribution in [0.3, 0.4) is 0 Å². The molecule has 0 aromatic carbocycles. The number of nitrogens with one attached hydrogen (secondary N) is 1. The molecule has 0 aromatic rings. The van der Waals surface area contributed by atoms with Crippen molar-refractivity contribution in [1.29, 1.82) is 0 Å². The summed E-state index contributed by atoms with van der Waals surface area (Å²) in [4.78, 5) is 12.6. The van der Waals surface area contributed by atoms with E-state index < -0.39 is 18.7 Å². The summed E-state index contributed by atoms with van der Waals surface area (Å²) in [7, 11) is 0. The SMILES string of the molecule is CCN1CC(CCC(=O)O)CC(NCC(F)(F)F)C1. The number of carboxylic acids is 1. The van der Waals surface area contributed by atoms with Crippen LogP contribution in [0.15, 0.2) is 0 Å². The molecule has 1 rings (SSSR count). The minimum Gasteiger partial charge on any atom is -0.481 e. The Morgan fingerprint density at radius 1 is 1.42 bits per heavy atom. The highest BCUT2D eigenvalue weighted by Crippen LogP contribution is 2.22. The van der Waals surface area contributed by atoms with Crippen LogP contribution in [0.1, 0.15) is 26.2 Å². The second-order valence-corrected chi connectivity index (χ2v) is 5.08. The monoisotopic (exact) mass is 282 g/mol. The van der Waals surface area contributed by atoms with E-state index in [9.17, 15) is 18.0 Å². The highest BCUT2D eigenvalue weighted by Gasteiger charge is 2.31. The van der Waals surface area contributed by atoms with E-state index in [1.54, 1.807) is 0 Å². The molecule has 0 spiro atoms. The summed E-state index contributed by atoms with van der Waals surface area (Å²) in [6, 6.07) is -0.214. The van der Waals surface area contributed by atoms with E-state index in [0.717, 1.165) is 13.1 Å². The Morgan fingerprint density at radius 2 is 2.11 bits per heavy atom. The number of hydrogen-bond donors (Lipinski definition) is 2. The zero-order valence-corrected chi connectivity index (χ0v) is 11.0. The molecule has 1 heterocycles. The first kappa shape index (κ1) is 16.2. The smallest absolute Gasteiger partial charge is 0.401 e. The van der Waals surface area contributed by atoms with E-state index in [4.69, 9.17) is 5.11 Å². The Balaban J connectivity index is 2.45. The largest absolute Gasteiger partial charge is 0.481 e. The van der Waals surface area contributed by atoms with Crippen LogP contribution in [0.5, 0.6) is 0 Å². The van der Waals surface area contributed by atoms with Gasteiger partial charge >= 0.3 is 12.1 Å². The number of hydrogen-bond acceptors (Lipinski definition) is 3. The van der Waals surface area contributed by atoms with Gasteiger partial charge in [0, 0.05) is 25.6 Å². The molecule has 0 radical (unpaired) electrons. The predicted molar refractivity (Wildman–Crippen MR) is 64.9 cm³/mol. The van der Waals surface area contributed by atoms with Crippen molar-refractivity contribution in [2.75, 3.05) is 26.2 Å². The molecule has 1 aliphatic heterocycles. The fraction of sp³-hybridized carbons (Fsp3) is 0.917. The van der Waals surface area contributed by atoms with E-state index in [0.29, 0.717) is 19.4 Å². The molecular formula is C12H21F3N2O2. The molecule has 0 aliphatic carbocycles. The third kappa shape index (κ3) is 6.77. The fourth-order valence-corrected chi connectivity index (χ4v) is 2.51. The van der Waals surface area contributed by atoms with E-state index >= 15 is 0 Å². The lowest BCUT2D eigenvalue weighted by atomic mass is 9.90. The standard InChI is InChI=1S/C12H21F3N2O2/c1-2-17-6-9(3-4-11(18)19)5-10(7-17)16-8-12(13,14)15/h9-10,16H,2-8H2,1H3,(H,18,19). The summed E-state index contributed by atoms with van der Waals surface area (Å²) in [5, 5.41) is 11.2. The average Bonchev–Trinajstić information content (AvgIpc) is 2.33. The van der Waals surface area contributed by atoms with Crippen molar-refractivity contribution >= 4 is 5.97 Å². The van der Waals surface area contributed by atoms with Gasteiger partial charge in [0.15, 0.2) is 0 Å². The number of halogens is 3. The van der Waals surface area contributed by atoms with Crippen LogP contribution in [0.2, 0.25) is 0 Å². The molecule has 112 valence electrons. The van der Waals surface area contributed by atoms with Gasteiger partial charge in [-0.05, 0) is 25.3 Å². The zero-order valence-electron chi connectivity index (χ0n) is 11.0. The second-order valence-electron chi connectivity index (χ2n) is 5.08. The molecule has 1 fully saturated rings. The number of likely N-dealkylation sites (N-methyl/N-ethyl adjacent to an activating group) is 1. The topological polar surface area (TPSA) is 52.6 Å². The van der Waals surface area contributed by atoms with E-state index in [-0.39, 0.29) is 18.4 Å². The van der Waals surface area contributed by atoms with E-state index in [1.165, 1.54) is 0 Å². The minimum absolute atomic E-state index is 0.0776. The molecule has 1 aliphatic rings. The maximum atomic E-state index is 12.2. The molecule has 7 heteroatoms. The van der Waals surface area contributed by atoms with Gasteiger partial charge in [-0.3, -0.25) is 4.79 Å². The first-order valence-corrected chi connectivity index (χ1v) is 6.54. The number of nitrogens with zero attached hydrogens (tertiary/aromatic N) is 1. The van der Waals surface area contributed by atoms with Crippen LogP contribution in [0.25, 0.3) is 0 Å². The van der Waals surface area contributed by atoms with Crippen LogP contribution in [0.4, 0.5) is 13.2 Å². The van der Waals surface area contributed by atoms with Gasteiger partial charge in [0.25, 0.3) is 0 Å². The molecule has 0 bridgehead atoms. The molecule has 1 saturated heterocycles.